The number of halogens is 1. The SMILES string of the molecule is CC[C@H](NC(=O)C(=O)Nc1ccc(C)cc1F)c1ncc(C)s1. The van der Waals surface area contributed by atoms with Crippen LogP contribution in [0.3, 0.4) is 0 Å². The van der Waals surface area contributed by atoms with Gasteiger partial charge >= 0.3 is 11.8 Å². The van der Waals surface area contributed by atoms with E-state index in [2.05, 4.69) is 15.6 Å². The minimum Gasteiger partial charge on any atom is -0.339 e. The first kappa shape index (κ1) is 17.1. The minimum absolute atomic E-state index is 0.0195. The van der Waals surface area contributed by atoms with Gasteiger partial charge in [-0.05, 0) is 38.0 Å². The van der Waals surface area contributed by atoms with Gasteiger partial charge in [0.2, 0.25) is 0 Å². The Labute approximate surface area is 137 Å². The quantitative estimate of drug-likeness (QED) is 0.844. The Morgan fingerprint density at radius 2 is 2.04 bits per heavy atom. The molecular weight excluding hydrogens is 317 g/mol. The molecule has 122 valence electrons. The second kappa shape index (κ2) is 7.32. The van der Waals surface area contributed by atoms with Gasteiger partial charge in [0.15, 0.2) is 0 Å². The maximum absolute atomic E-state index is 13.7. The number of rotatable bonds is 4. The highest BCUT2D eigenvalue weighted by Crippen LogP contribution is 2.22. The molecular formula is C16H18FN3O2S. The highest BCUT2D eigenvalue weighted by Gasteiger charge is 2.21. The summed E-state index contributed by atoms with van der Waals surface area (Å²) in [6.07, 6.45) is 2.32. The van der Waals surface area contributed by atoms with Crippen LogP contribution in [0.4, 0.5) is 10.1 Å². The lowest BCUT2D eigenvalue weighted by Gasteiger charge is -2.14. The highest BCUT2D eigenvalue weighted by molar-refractivity contribution is 7.11. The number of benzene rings is 1. The van der Waals surface area contributed by atoms with Crippen LogP contribution >= 0.6 is 11.3 Å². The van der Waals surface area contributed by atoms with Gasteiger partial charge in [0.1, 0.15) is 10.8 Å². The van der Waals surface area contributed by atoms with Crippen molar-refractivity contribution in [3.63, 3.8) is 0 Å². The fraction of sp³-hybridized carbons (Fsp3) is 0.312. The number of aromatic nitrogens is 1. The molecule has 1 aromatic carbocycles. The number of carbonyl (C=O) groups is 2. The lowest BCUT2D eigenvalue weighted by atomic mass is 10.2. The number of hydrogen-bond acceptors (Lipinski definition) is 4. The summed E-state index contributed by atoms with van der Waals surface area (Å²) in [5, 5.41) is 5.65. The number of nitrogens with zero attached hydrogens (tertiary/aromatic N) is 1. The molecule has 0 bridgehead atoms. The zero-order chi connectivity index (χ0) is 17.0. The van der Waals surface area contributed by atoms with Crippen molar-refractivity contribution in [1.29, 1.82) is 0 Å². The number of nitrogens with one attached hydrogen (secondary N) is 2. The van der Waals surface area contributed by atoms with Crippen LogP contribution in [0.5, 0.6) is 0 Å². The van der Waals surface area contributed by atoms with Crippen molar-refractivity contribution in [3.05, 3.63) is 45.7 Å². The zero-order valence-electron chi connectivity index (χ0n) is 13.1. The summed E-state index contributed by atoms with van der Waals surface area (Å²) >= 11 is 1.46. The second-order valence-corrected chi connectivity index (χ2v) is 6.45. The largest absolute Gasteiger partial charge is 0.339 e. The third kappa shape index (κ3) is 4.35. The van der Waals surface area contributed by atoms with Crippen molar-refractivity contribution >= 4 is 28.8 Å². The van der Waals surface area contributed by atoms with Gasteiger partial charge in [-0.3, -0.25) is 9.59 Å². The van der Waals surface area contributed by atoms with Gasteiger partial charge in [-0.1, -0.05) is 13.0 Å². The van der Waals surface area contributed by atoms with Gasteiger partial charge < -0.3 is 10.6 Å². The van der Waals surface area contributed by atoms with Gasteiger partial charge in [0, 0.05) is 11.1 Å². The monoisotopic (exact) mass is 335 g/mol. The predicted molar refractivity (Wildman–Crippen MR) is 87.8 cm³/mol. The molecule has 0 saturated heterocycles. The molecule has 2 aromatic rings. The van der Waals surface area contributed by atoms with Crippen LogP contribution in [0, 0.1) is 19.7 Å². The molecule has 0 fully saturated rings. The summed E-state index contributed by atoms with van der Waals surface area (Å²) in [5.41, 5.74) is 0.712. The molecule has 7 heteroatoms. The van der Waals surface area contributed by atoms with Crippen LogP contribution in [-0.4, -0.2) is 16.8 Å². The van der Waals surface area contributed by atoms with Crippen molar-refractivity contribution in [2.24, 2.45) is 0 Å². The molecule has 2 N–H and O–H groups in total. The predicted octanol–water partition coefficient (Wildman–Crippen LogP) is 3.11. The van der Waals surface area contributed by atoms with Crippen LogP contribution < -0.4 is 10.6 Å². The summed E-state index contributed by atoms with van der Waals surface area (Å²) < 4.78 is 13.7. The minimum atomic E-state index is -0.903. The number of hydrogen-bond donors (Lipinski definition) is 2. The standard InChI is InChI=1S/C16H18FN3O2S/c1-4-12(16-18-8-10(3)23-16)19-14(21)15(22)20-13-6-5-9(2)7-11(13)17/h5-8,12H,4H2,1-3H3,(H,19,21)(H,20,22)/t12-/m0/s1. The van der Waals surface area contributed by atoms with E-state index in [0.717, 1.165) is 15.4 Å². The van der Waals surface area contributed by atoms with E-state index in [4.69, 9.17) is 0 Å². The van der Waals surface area contributed by atoms with E-state index in [9.17, 15) is 14.0 Å². The molecule has 1 aromatic heterocycles. The smallest absolute Gasteiger partial charge is 0.313 e. The van der Waals surface area contributed by atoms with Gasteiger partial charge in [-0.2, -0.15) is 0 Å². The lowest BCUT2D eigenvalue weighted by molar-refractivity contribution is -0.136. The number of aryl methyl sites for hydroxylation is 2. The summed E-state index contributed by atoms with van der Waals surface area (Å²) in [6, 6.07) is 4.04. The molecule has 23 heavy (non-hydrogen) atoms. The van der Waals surface area contributed by atoms with E-state index in [0.29, 0.717) is 6.42 Å². The average molecular weight is 335 g/mol. The summed E-state index contributed by atoms with van der Waals surface area (Å²) in [7, 11) is 0. The Morgan fingerprint density at radius 3 is 2.61 bits per heavy atom. The number of carbonyl (C=O) groups excluding carboxylic acids is 2. The first-order valence-electron chi connectivity index (χ1n) is 7.21. The van der Waals surface area contributed by atoms with E-state index >= 15 is 0 Å². The van der Waals surface area contributed by atoms with Crippen LogP contribution in [0.25, 0.3) is 0 Å². The summed E-state index contributed by atoms with van der Waals surface area (Å²) in [6.45, 7) is 5.55. The Morgan fingerprint density at radius 1 is 1.30 bits per heavy atom. The molecule has 1 heterocycles. The maximum atomic E-state index is 13.7. The molecule has 2 rings (SSSR count). The van der Waals surface area contributed by atoms with E-state index in [-0.39, 0.29) is 11.7 Å². The Balaban J connectivity index is 2.03. The van der Waals surface area contributed by atoms with Gasteiger partial charge in [-0.15, -0.1) is 11.3 Å². The Hall–Kier alpha value is -2.28. The van der Waals surface area contributed by atoms with Gasteiger partial charge in [0.05, 0.1) is 11.7 Å². The Kier molecular flexibility index (Phi) is 5.44. The maximum Gasteiger partial charge on any atom is 0.313 e. The van der Waals surface area contributed by atoms with Crippen molar-refractivity contribution in [1.82, 2.24) is 10.3 Å². The zero-order valence-corrected chi connectivity index (χ0v) is 14.0. The van der Waals surface area contributed by atoms with E-state index in [1.54, 1.807) is 19.2 Å². The molecule has 0 radical (unpaired) electrons. The van der Waals surface area contributed by atoms with E-state index < -0.39 is 17.6 Å². The molecule has 0 unspecified atom stereocenters. The van der Waals surface area contributed by atoms with Crippen LogP contribution in [0.2, 0.25) is 0 Å². The number of amides is 2. The average Bonchev–Trinajstić information content (AvgIpc) is 2.93. The normalized spacial score (nSPS) is 11.8. The number of thiazole rings is 1. The molecule has 0 spiro atoms. The topological polar surface area (TPSA) is 71.1 Å². The molecule has 5 nitrogen and oxygen atoms in total. The van der Waals surface area contributed by atoms with Crippen molar-refractivity contribution in [2.75, 3.05) is 5.32 Å². The van der Waals surface area contributed by atoms with Crippen molar-refractivity contribution in [3.8, 4) is 0 Å². The Bertz CT molecular complexity index is 730. The molecule has 1 atom stereocenters. The van der Waals surface area contributed by atoms with Gasteiger partial charge in [-0.25, -0.2) is 9.37 Å². The number of anilines is 1. The molecule has 0 aliphatic heterocycles. The van der Waals surface area contributed by atoms with Crippen LogP contribution in [0.1, 0.15) is 34.8 Å². The third-order valence-corrected chi connectivity index (χ3v) is 4.26. The fourth-order valence-corrected chi connectivity index (χ4v) is 2.90. The van der Waals surface area contributed by atoms with Crippen molar-refractivity contribution in [2.45, 2.75) is 33.2 Å². The van der Waals surface area contributed by atoms with E-state index in [1.165, 1.54) is 23.5 Å². The molecule has 0 aliphatic rings. The summed E-state index contributed by atoms with van der Waals surface area (Å²) in [4.78, 5) is 29.2. The first-order valence-corrected chi connectivity index (χ1v) is 8.02. The van der Waals surface area contributed by atoms with Crippen molar-refractivity contribution < 1.29 is 14.0 Å². The lowest BCUT2D eigenvalue weighted by Crippen LogP contribution is -2.37. The molecule has 2 amide bonds. The van der Waals surface area contributed by atoms with Gasteiger partial charge in [0.25, 0.3) is 0 Å². The first-order chi connectivity index (χ1) is 10.9. The van der Waals surface area contributed by atoms with Crippen LogP contribution in [0.15, 0.2) is 24.4 Å². The second-order valence-electron chi connectivity index (χ2n) is 5.18. The fourth-order valence-electron chi connectivity index (χ4n) is 2.00. The van der Waals surface area contributed by atoms with Crippen LogP contribution in [-0.2, 0) is 9.59 Å². The molecule has 0 aliphatic carbocycles. The third-order valence-electron chi connectivity index (χ3n) is 3.23. The highest BCUT2D eigenvalue weighted by atomic mass is 32.1. The van der Waals surface area contributed by atoms with E-state index in [1.807, 2.05) is 13.8 Å². The summed E-state index contributed by atoms with van der Waals surface area (Å²) in [5.74, 6) is -2.29. The molecule has 0 saturated carbocycles.